The maximum absolute atomic E-state index is 12.4. The number of nitrogens with one attached hydrogen (secondary N) is 1. The molecule has 3 rings (SSSR count). The summed E-state index contributed by atoms with van der Waals surface area (Å²) in [4.78, 5) is 12.4. The molecule has 6 heteroatoms. The van der Waals surface area contributed by atoms with Crippen LogP contribution in [0.25, 0.3) is 0 Å². The number of rotatable bonds is 5. The second kappa shape index (κ2) is 6.96. The Morgan fingerprint density at radius 2 is 2.17 bits per heavy atom. The summed E-state index contributed by atoms with van der Waals surface area (Å²) in [6.07, 6.45) is 3.21. The zero-order chi connectivity index (χ0) is 16.2. The van der Waals surface area contributed by atoms with Gasteiger partial charge in [-0.15, -0.1) is 0 Å². The first-order valence-electron chi connectivity index (χ1n) is 7.56. The summed E-state index contributed by atoms with van der Waals surface area (Å²) in [5.74, 6) is 1.74. The van der Waals surface area contributed by atoms with Crippen LogP contribution in [0.4, 0.5) is 0 Å². The highest BCUT2D eigenvalue weighted by molar-refractivity contribution is 6.32. The van der Waals surface area contributed by atoms with Crippen LogP contribution in [0.2, 0.25) is 5.02 Å². The highest BCUT2D eigenvalue weighted by Gasteiger charge is 2.20. The number of hydrogen-bond donors (Lipinski definition) is 1. The number of carbonyl (C=O) groups is 1. The number of carbonyl (C=O) groups excluding carboxylic acids is 1. The van der Waals surface area contributed by atoms with Crippen molar-refractivity contribution in [2.45, 2.75) is 25.8 Å². The zero-order valence-electron chi connectivity index (χ0n) is 12.8. The Kier molecular flexibility index (Phi) is 4.76. The standard InChI is InChI=1S/C17H18ClNO4/c1-11(4-5-13-3-2-6-21-13)19-17(20)12-9-14(18)16-15(10-12)22-7-8-23-16/h2-3,6,9-11H,4-5,7-8H2,1H3,(H,19,20). The second-order valence-electron chi connectivity index (χ2n) is 5.47. The smallest absolute Gasteiger partial charge is 0.251 e. The van der Waals surface area contributed by atoms with Crippen LogP contribution in [0, 0.1) is 0 Å². The van der Waals surface area contributed by atoms with Gasteiger partial charge in [-0.25, -0.2) is 0 Å². The number of furan rings is 1. The number of aryl methyl sites for hydroxylation is 1. The van der Waals surface area contributed by atoms with E-state index >= 15 is 0 Å². The zero-order valence-corrected chi connectivity index (χ0v) is 13.6. The van der Waals surface area contributed by atoms with E-state index in [0.717, 1.165) is 18.6 Å². The molecule has 2 aromatic rings. The van der Waals surface area contributed by atoms with Gasteiger partial charge in [0.25, 0.3) is 5.91 Å². The van der Waals surface area contributed by atoms with E-state index in [1.54, 1.807) is 18.4 Å². The monoisotopic (exact) mass is 335 g/mol. The van der Waals surface area contributed by atoms with Gasteiger partial charge < -0.3 is 19.2 Å². The predicted octanol–water partition coefficient (Wildman–Crippen LogP) is 3.46. The first-order chi connectivity index (χ1) is 11.1. The Morgan fingerprint density at radius 3 is 2.96 bits per heavy atom. The van der Waals surface area contributed by atoms with Gasteiger partial charge in [-0.3, -0.25) is 4.79 Å². The van der Waals surface area contributed by atoms with Crippen LogP contribution in [-0.2, 0) is 6.42 Å². The molecule has 23 heavy (non-hydrogen) atoms. The van der Waals surface area contributed by atoms with Gasteiger partial charge in [0.2, 0.25) is 0 Å². The number of halogens is 1. The minimum Gasteiger partial charge on any atom is -0.486 e. The molecule has 1 atom stereocenters. The van der Waals surface area contributed by atoms with E-state index in [1.165, 1.54) is 0 Å². The summed E-state index contributed by atoms with van der Waals surface area (Å²) in [6, 6.07) is 7.06. The molecule has 122 valence electrons. The molecule has 0 fully saturated rings. The van der Waals surface area contributed by atoms with E-state index in [1.807, 2.05) is 19.1 Å². The summed E-state index contributed by atoms with van der Waals surface area (Å²) in [7, 11) is 0. The first-order valence-corrected chi connectivity index (χ1v) is 7.93. The summed E-state index contributed by atoms with van der Waals surface area (Å²) in [6.45, 7) is 2.87. The third kappa shape index (κ3) is 3.79. The van der Waals surface area contributed by atoms with E-state index in [0.29, 0.717) is 35.3 Å². The predicted molar refractivity (Wildman–Crippen MR) is 86.4 cm³/mol. The largest absolute Gasteiger partial charge is 0.486 e. The lowest BCUT2D eigenvalue weighted by Gasteiger charge is -2.20. The summed E-state index contributed by atoms with van der Waals surface area (Å²) in [5.41, 5.74) is 0.462. The van der Waals surface area contributed by atoms with Crippen molar-refractivity contribution in [3.8, 4) is 11.5 Å². The topological polar surface area (TPSA) is 60.7 Å². The van der Waals surface area contributed by atoms with Gasteiger partial charge in [-0.05, 0) is 37.6 Å². The quantitative estimate of drug-likeness (QED) is 0.909. The molecule has 1 aromatic heterocycles. The van der Waals surface area contributed by atoms with E-state index in [4.69, 9.17) is 25.5 Å². The van der Waals surface area contributed by atoms with Gasteiger partial charge in [-0.1, -0.05) is 11.6 Å². The lowest BCUT2D eigenvalue weighted by Crippen LogP contribution is -2.33. The average molecular weight is 336 g/mol. The number of hydrogen-bond acceptors (Lipinski definition) is 4. The fraction of sp³-hybridized carbons (Fsp3) is 0.353. The third-order valence-corrected chi connectivity index (χ3v) is 3.92. The molecule has 0 spiro atoms. The minimum atomic E-state index is -0.184. The van der Waals surface area contributed by atoms with Crippen molar-refractivity contribution in [1.29, 1.82) is 0 Å². The van der Waals surface area contributed by atoms with Crippen molar-refractivity contribution >= 4 is 17.5 Å². The van der Waals surface area contributed by atoms with Crippen LogP contribution in [0.5, 0.6) is 11.5 Å². The lowest BCUT2D eigenvalue weighted by molar-refractivity contribution is 0.0937. The van der Waals surface area contributed by atoms with Crippen molar-refractivity contribution < 1.29 is 18.7 Å². The maximum atomic E-state index is 12.4. The van der Waals surface area contributed by atoms with Crippen LogP contribution in [0.1, 0.15) is 29.5 Å². The fourth-order valence-corrected chi connectivity index (χ4v) is 2.70. The maximum Gasteiger partial charge on any atom is 0.251 e. The molecule has 0 saturated heterocycles. The van der Waals surface area contributed by atoms with Crippen molar-refractivity contribution in [2.75, 3.05) is 13.2 Å². The van der Waals surface area contributed by atoms with Crippen molar-refractivity contribution in [3.05, 3.63) is 46.9 Å². The van der Waals surface area contributed by atoms with Gasteiger partial charge in [-0.2, -0.15) is 0 Å². The fourth-order valence-electron chi connectivity index (χ4n) is 2.43. The summed E-state index contributed by atoms with van der Waals surface area (Å²) in [5, 5.41) is 3.34. The Bertz CT molecular complexity index is 684. The molecular weight excluding hydrogens is 318 g/mol. The molecule has 1 aliphatic rings. The van der Waals surface area contributed by atoms with Gasteiger partial charge in [0.15, 0.2) is 11.5 Å². The highest BCUT2D eigenvalue weighted by atomic mass is 35.5. The van der Waals surface area contributed by atoms with Crippen LogP contribution in [-0.4, -0.2) is 25.2 Å². The molecular formula is C17H18ClNO4. The normalized spacial score (nSPS) is 14.3. The highest BCUT2D eigenvalue weighted by Crippen LogP contribution is 2.38. The Hall–Kier alpha value is -2.14. The van der Waals surface area contributed by atoms with Gasteiger partial charge in [0.1, 0.15) is 19.0 Å². The van der Waals surface area contributed by atoms with Crippen molar-refractivity contribution in [3.63, 3.8) is 0 Å². The Labute approximate surface area is 139 Å². The van der Waals surface area contributed by atoms with Crippen LogP contribution in [0.15, 0.2) is 34.9 Å². The molecule has 2 heterocycles. The molecule has 0 radical (unpaired) electrons. The Morgan fingerprint density at radius 1 is 1.35 bits per heavy atom. The molecule has 5 nitrogen and oxygen atoms in total. The van der Waals surface area contributed by atoms with Gasteiger partial charge in [0.05, 0.1) is 11.3 Å². The number of fused-ring (bicyclic) bond motifs is 1. The molecule has 1 N–H and O–H groups in total. The van der Waals surface area contributed by atoms with E-state index in [-0.39, 0.29) is 11.9 Å². The molecule has 0 aliphatic carbocycles. The molecule has 1 unspecified atom stereocenters. The SMILES string of the molecule is CC(CCc1ccco1)NC(=O)c1cc(Cl)c2c(c1)OCCO2. The molecule has 0 saturated carbocycles. The summed E-state index contributed by atoms with van der Waals surface area (Å²) < 4.78 is 16.2. The second-order valence-corrected chi connectivity index (χ2v) is 5.88. The van der Waals surface area contributed by atoms with E-state index in [9.17, 15) is 4.79 Å². The van der Waals surface area contributed by atoms with Crippen molar-refractivity contribution in [1.82, 2.24) is 5.32 Å². The summed E-state index contributed by atoms with van der Waals surface area (Å²) >= 11 is 6.16. The number of benzene rings is 1. The van der Waals surface area contributed by atoms with Crippen LogP contribution in [0.3, 0.4) is 0 Å². The average Bonchev–Trinajstić information content (AvgIpc) is 3.06. The van der Waals surface area contributed by atoms with E-state index < -0.39 is 0 Å². The Balaban J connectivity index is 1.62. The lowest BCUT2D eigenvalue weighted by atomic mass is 10.1. The third-order valence-electron chi connectivity index (χ3n) is 3.64. The van der Waals surface area contributed by atoms with Gasteiger partial charge >= 0.3 is 0 Å². The minimum absolute atomic E-state index is 0.0135. The van der Waals surface area contributed by atoms with E-state index in [2.05, 4.69) is 5.32 Å². The first kappa shape index (κ1) is 15.7. The molecule has 0 bridgehead atoms. The number of amides is 1. The molecule has 1 aliphatic heterocycles. The molecule has 1 aromatic carbocycles. The van der Waals surface area contributed by atoms with Gasteiger partial charge in [0, 0.05) is 18.0 Å². The number of ether oxygens (including phenoxy) is 2. The van der Waals surface area contributed by atoms with Crippen LogP contribution >= 0.6 is 11.6 Å². The van der Waals surface area contributed by atoms with Crippen LogP contribution < -0.4 is 14.8 Å². The molecule has 1 amide bonds. The van der Waals surface area contributed by atoms with Crippen molar-refractivity contribution in [2.24, 2.45) is 0 Å².